The first-order valence-corrected chi connectivity index (χ1v) is 12.1. The molecule has 3 rings (SSSR count). The van der Waals surface area contributed by atoms with Crippen LogP contribution in [0.15, 0.2) is 0 Å². The Labute approximate surface area is 177 Å². The fourth-order valence-corrected chi connectivity index (χ4v) is 4.31. The third kappa shape index (κ3) is 9.97. The van der Waals surface area contributed by atoms with Gasteiger partial charge in [0.1, 0.15) is 36.6 Å². The molecule has 0 heterocycles. The summed E-state index contributed by atoms with van der Waals surface area (Å²) in [6.07, 6.45) is 1.98. The summed E-state index contributed by atoms with van der Waals surface area (Å²) in [5.74, 6) is 0. The molecule has 0 saturated heterocycles. The molecule has 0 radical (unpaired) electrons. The van der Waals surface area contributed by atoms with Crippen LogP contribution in [-0.2, 0) is 9.09 Å². The van der Waals surface area contributed by atoms with Crippen molar-refractivity contribution in [3.05, 3.63) is 0 Å². The topological polar surface area (TPSA) is 220 Å². The summed E-state index contributed by atoms with van der Waals surface area (Å²) in [6, 6.07) is 1.07. The van der Waals surface area contributed by atoms with Crippen molar-refractivity contribution in [1.82, 2.24) is 0 Å². The lowest BCUT2D eigenvalue weighted by molar-refractivity contribution is -0.219. The lowest BCUT2D eigenvalue weighted by atomic mass is 9.85. The molecule has 11 nitrogen and oxygen atoms in total. The van der Waals surface area contributed by atoms with Gasteiger partial charge in [-0.2, -0.15) is 0 Å². The number of hydrogen-bond donors (Lipinski definition) is 9. The molecule has 180 valence electrons. The van der Waals surface area contributed by atoms with Crippen molar-refractivity contribution >= 4 is 7.82 Å². The van der Waals surface area contributed by atoms with Crippen LogP contribution >= 0.6 is 7.82 Å². The SMILES string of the molecule is NC1CCCCC1.NC1CCCCC1.O=P(O)(O)OC1C(O)C(O)C(O)C(O)C1O. The molecule has 0 aromatic rings. The molecular formula is C18H39N2O9P. The van der Waals surface area contributed by atoms with Crippen molar-refractivity contribution in [2.45, 2.75) is 113 Å². The Morgan fingerprint density at radius 2 is 0.900 bits per heavy atom. The van der Waals surface area contributed by atoms with Crippen LogP contribution in [-0.4, -0.2) is 84.0 Å². The molecule has 11 N–H and O–H groups in total. The van der Waals surface area contributed by atoms with Gasteiger partial charge in [-0.15, -0.1) is 0 Å². The fraction of sp³-hybridized carbons (Fsp3) is 1.00. The summed E-state index contributed by atoms with van der Waals surface area (Å²) in [5, 5.41) is 46.1. The van der Waals surface area contributed by atoms with Crippen molar-refractivity contribution < 1.29 is 44.4 Å². The minimum Gasteiger partial charge on any atom is -0.387 e. The first kappa shape index (κ1) is 27.9. The average molecular weight is 458 g/mol. The number of nitrogens with two attached hydrogens (primary N) is 2. The van der Waals surface area contributed by atoms with Crippen LogP contribution in [0, 0.1) is 0 Å². The van der Waals surface area contributed by atoms with E-state index in [0.717, 1.165) is 0 Å². The van der Waals surface area contributed by atoms with Gasteiger partial charge in [0.05, 0.1) is 0 Å². The third-order valence-corrected chi connectivity index (χ3v) is 6.15. The monoisotopic (exact) mass is 458 g/mol. The van der Waals surface area contributed by atoms with E-state index in [0.29, 0.717) is 12.1 Å². The molecule has 0 aliphatic heterocycles. The highest BCUT2D eigenvalue weighted by atomic mass is 31.2. The zero-order chi connectivity index (χ0) is 22.9. The quantitative estimate of drug-likeness (QED) is 0.225. The van der Waals surface area contributed by atoms with E-state index in [2.05, 4.69) is 4.52 Å². The number of phosphoric ester groups is 1. The Balaban J connectivity index is 0.000000263. The molecule has 3 fully saturated rings. The first-order valence-electron chi connectivity index (χ1n) is 10.6. The first-order chi connectivity index (χ1) is 13.9. The Morgan fingerprint density at radius 3 is 1.13 bits per heavy atom. The number of phosphoric acid groups is 1. The highest BCUT2D eigenvalue weighted by Crippen LogP contribution is 2.41. The molecule has 12 heteroatoms. The lowest BCUT2D eigenvalue weighted by Gasteiger charge is -2.41. The van der Waals surface area contributed by atoms with Crippen molar-refractivity contribution in [2.24, 2.45) is 11.5 Å². The van der Waals surface area contributed by atoms with Crippen LogP contribution in [0.5, 0.6) is 0 Å². The van der Waals surface area contributed by atoms with Crippen molar-refractivity contribution in [1.29, 1.82) is 0 Å². The molecule has 4 atom stereocenters. The Kier molecular flexibility index (Phi) is 12.4. The fourth-order valence-electron chi connectivity index (χ4n) is 3.75. The van der Waals surface area contributed by atoms with E-state index < -0.39 is 44.4 Å². The van der Waals surface area contributed by atoms with E-state index in [1.807, 2.05) is 0 Å². The second kappa shape index (κ2) is 13.4. The van der Waals surface area contributed by atoms with Gasteiger partial charge in [0.15, 0.2) is 0 Å². The molecule has 0 amide bonds. The predicted octanol–water partition coefficient (Wildman–Crippen LogP) is -1.16. The smallest absolute Gasteiger partial charge is 0.387 e. The number of aliphatic hydroxyl groups excluding tert-OH is 5. The summed E-state index contributed by atoms with van der Waals surface area (Å²) >= 11 is 0. The van der Waals surface area contributed by atoms with Crippen molar-refractivity contribution in [3.8, 4) is 0 Å². The lowest BCUT2D eigenvalue weighted by Crippen LogP contribution is -2.64. The second-order valence-electron chi connectivity index (χ2n) is 8.31. The minimum absolute atomic E-state index is 0.536. The van der Waals surface area contributed by atoms with Crippen LogP contribution in [0.4, 0.5) is 0 Å². The van der Waals surface area contributed by atoms with Crippen LogP contribution in [0.25, 0.3) is 0 Å². The Bertz CT molecular complexity index is 480. The van der Waals surface area contributed by atoms with Crippen LogP contribution in [0.2, 0.25) is 0 Å². The van der Waals surface area contributed by atoms with Gasteiger partial charge in [0.25, 0.3) is 0 Å². The third-order valence-electron chi connectivity index (χ3n) is 5.63. The van der Waals surface area contributed by atoms with Gasteiger partial charge in [-0.05, 0) is 25.7 Å². The largest absolute Gasteiger partial charge is 0.470 e. The van der Waals surface area contributed by atoms with Crippen LogP contribution in [0.1, 0.15) is 64.2 Å². The number of rotatable bonds is 2. The maximum Gasteiger partial charge on any atom is 0.470 e. The molecule has 30 heavy (non-hydrogen) atoms. The number of aliphatic hydroxyl groups is 5. The van der Waals surface area contributed by atoms with E-state index in [-0.39, 0.29) is 0 Å². The van der Waals surface area contributed by atoms with E-state index in [1.165, 1.54) is 64.2 Å². The van der Waals surface area contributed by atoms with Gasteiger partial charge in [-0.3, -0.25) is 4.52 Å². The zero-order valence-electron chi connectivity index (χ0n) is 17.2. The van der Waals surface area contributed by atoms with Crippen molar-refractivity contribution in [2.75, 3.05) is 0 Å². The van der Waals surface area contributed by atoms with Gasteiger partial charge >= 0.3 is 7.82 Å². The molecule has 0 aromatic carbocycles. The molecule has 3 saturated carbocycles. The Morgan fingerprint density at radius 1 is 0.600 bits per heavy atom. The van der Waals surface area contributed by atoms with Crippen LogP contribution in [0.3, 0.4) is 0 Å². The maximum absolute atomic E-state index is 10.5. The molecule has 0 spiro atoms. The van der Waals surface area contributed by atoms with Gasteiger partial charge in [0, 0.05) is 12.1 Å². The minimum atomic E-state index is -5.01. The molecule has 3 aliphatic rings. The number of hydrogen-bond acceptors (Lipinski definition) is 9. The van der Waals surface area contributed by atoms with E-state index in [4.69, 9.17) is 26.4 Å². The summed E-state index contributed by atoms with van der Waals surface area (Å²) in [5.41, 5.74) is 11.3. The van der Waals surface area contributed by atoms with E-state index in [9.17, 15) is 25.0 Å². The van der Waals surface area contributed by atoms with Gasteiger partial charge < -0.3 is 46.8 Å². The van der Waals surface area contributed by atoms with Gasteiger partial charge in [0.2, 0.25) is 0 Å². The highest BCUT2D eigenvalue weighted by Gasteiger charge is 2.50. The second-order valence-corrected chi connectivity index (χ2v) is 9.50. The molecule has 0 bridgehead atoms. The van der Waals surface area contributed by atoms with Crippen molar-refractivity contribution in [3.63, 3.8) is 0 Å². The zero-order valence-corrected chi connectivity index (χ0v) is 18.1. The standard InChI is InChI=1S/2C6H13N.C6H13O9P/c2*7-6-4-2-1-3-5-6;7-1-2(8)4(10)6(5(11)3(1)9)15-16(12,13)14/h2*6H,1-5,7H2;1-11H,(H2,12,13,14). The summed E-state index contributed by atoms with van der Waals surface area (Å²) in [6.45, 7) is 0. The van der Waals surface area contributed by atoms with E-state index in [1.54, 1.807) is 0 Å². The van der Waals surface area contributed by atoms with Crippen LogP contribution < -0.4 is 11.5 Å². The summed E-state index contributed by atoms with van der Waals surface area (Å²) in [7, 11) is -5.01. The molecule has 0 aromatic heterocycles. The van der Waals surface area contributed by atoms with Gasteiger partial charge in [-0.1, -0.05) is 38.5 Å². The average Bonchev–Trinajstić information content (AvgIpc) is 2.70. The van der Waals surface area contributed by atoms with Gasteiger partial charge in [-0.25, -0.2) is 4.57 Å². The highest BCUT2D eigenvalue weighted by molar-refractivity contribution is 7.46. The molecule has 4 unspecified atom stereocenters. The predicted molar refractivity (Wildman–Crippen MR) is 109 cm³/mol. The normalized spacial score (nSPS) is 36.2. The summed E-state index contributed by atoms with van der Waals surface area (Å²) < 4.78 is 14.5. The Hall–Kier alpha value is -0.170. The molecular weight excluding hydrogens is 419 g/mol. The summed E-state index contributed by atoms with van der Waals surface area (Å²) in [4.78, 5) is 17.0. The molecule has 3 aliphatic carbocycles. The maximum atomic E-state index is 10.5. The van der Waals surface area contributed by atoms with E-state index >= 15 is 0 Å².